The first kappa shape index (κ1) is 18.7. The number of nitrogens with zero attached hydrogens (tertiary/aromatic N) is 1. The number of carbonyl (C=O) groups excluding carboxylic acids is 1. The zero-order valence-electron chi connectivity index (χ0n) is 15.0. The van der Waals surface area contributed by atoms with Gasteiger partial charge in [0.05, 0.1) is 24.5 Å². The molecule has 0 radical (unpaired) electrons. The van der Waals surface area contributed by atoms with Crippen LogP contribution in [0.5, 0.6) is 0 Å². The first-order valence-corrected chi connectivity index (χ1v) is 9.35. The normalized spacial score (nSPS) is 16.7. The molecule has 2 aliphatic heterocycles. The first-order valence-electron chi connectivity index (χ1n) is 9.35. The van der Waals surface area contributed by atoms with Crippen molar-refractivity contribution in [3.63, 3.8) is 0 Å². The monoisotopic (exact) mass is 368 g/mol. The molecule has 4 rings (SSSR count). The van der Waals surface area contributed by atoms with E-state index in [0.717, 1.165) is 35.6 Å². The van der Waals surface area contributed by atoms with Crippen molar-refractivity contribution < 1.29 is 22.1 Å². The highest BCUT2D eigenvalue weighted by molar-refractivity contribution is 6.06. The number of amides is 1. The van der Waals surface area contributed by atoms with Gasteiger partial charge in [0.15, 0.2) is 6.54 Å². The quantitative estimate of drug-likeness (QED) is 0.810. The Hall–Kier alpha value is -2.10. The van der Waals surface area contributed by atoms with Crippen molar-refractivity contribution in [2.75, 3.05) is 24.5 Å². The van der Waals surface area contributed by atoms with E-state index < -0.39 is 0 Å². The number of hydrogen-bond donors (Lipinski definition) is 1. The van der Waals surface area contributed by atoms with Gasteiger partial charge in [0.1, 0.15) is 0 Å². The van der Waals surface area contributed by atoms with Crippen LogP contribution in [-0.4, -0.2) is 25.5 Å². The third-order valence-corrected chi connectivity index (χ3v) is 5.26. The lowest BCUT2D eigenvalue weighted by Crippen LogP contribution is -3.13. The van der Waals surface area contributed by atoms with Gasteiger partial charge in [-0.2, -0.15) is 0 Å². The second kappa shape index (κ2) is 8.52. The Morgan fingerprint density at radius 3 is 1.85 bits per heavy atom. The number of quaternary nitrogens is 1. The molecule has 3 nitrogen and oxygen atoms in total. The highest BCUT2D eigenvalue weighted by Gasteiger charge is 2.27. The average Bonchev–Trinajstić information content (AvgIpc) is 2.99. The average molecular weight is 369 g/mol. The standard InChI is InChI=1S/C22H24N2O.ClH/c25-22(17-23-15-7-1-2-8-16-23)24-20-11-5-3-9-18(20)13-14-19-10-4-6-12-21(19)24;/h3-6,9-14H,1-2,7-8,15-17H2;1H. The Labute approximate surface area is 161 Å². The number of halogens is 1. The van der Waals surface area contributed by atoms with Gasteiger partial charge in [-0.3, -0.25) is 9.69 Å². The Balaban J connectivity index is 0.00000196. The summed E-state index contributed by atoms with van der Waals surface area (Å²) in [6.45, 7) is 2.80. The maximum atomic E-state index is 13.3. The molecule has 1 saturated heterocycles. The topological polar surface area (TPSA) is 24.8 Å². The minimum Gasteiger partial charge on any atom is -1.00 e. The van der Waals surface area contributed by atoms with Crippen LogP contribution >= 0.6 is 0 Å². The summed E-state index contributed by atoms with van der Waals surface area (Å²) >= 11 is 0. The van der Waals surface area contributed by atoms with Crippen LogP contribution in [0.3, 0.4) is 0 Å². The van der Waals surface area contributed by atoms with E-state index in [2.05, 4.69) is 36.4 Å². The Morgan fingerprint density at radius 2 is 1.31 bits per heavy atom. The summed E-state index contributed by atoms with van der Waals surface area (Å²) in [5, 5.41) is 0. The minimum atomic E-state index is 0. The number of benzene rings is 2. The van der Waals surface area contributed by atoms with Gasteiger partial charge in [-0.25, -0.2) is 0 Å². The summed E-state index contributed by atoms with van der Waals surface area (Å²) in [7, 11) is 0. The van der Waals surface area contributed by atoms with E-state index in [1.807, 2.05) is 29.2 Å². The number of fused-ring (bicyclic) bond motifs is 2. The molecule has 2 aliphatic rings. The molecule has 0 bridgehead atoms. The zero-order chi connectivity index (χ0) is 17.1. The molecular weight excluding hydrogens is 344 g/mol. The van der Waals surface area contributed by atoms with E-state index in [1.54, 1.807) is 0 Å². The largest absolute Gasteiger partial charge is 1.00 e. The number of para-hydroxylation sites is 2. The molecule has 26 heavy (non-hydrogen) atoms. The van der Waals surface area contributed by atoms with E-state index in [-0.39, 0.29) is 18.3 Å². The van der Waals surface area contributed by atoms with Gasteiger partial charge < -0.3 is 17.3 Å². The van der Waals surface area contributed by atoms with E-state index in [1.165, 1.54) is 30.6 Å². The van der Waals surface area contributed by atoms with Crippen LogP contribution in [0.15, 0.2) is 48.5 Å². The van der Waals surface area contributed by atoms with Crippen molar-refractivity contribution in [1.82, 2.24) is 0 Å². The van der Waals surface area contributed by atoms with Gasteiger partial charge >= 0.3 is 0 Å². The van der Waals surface area contributed by atoms with Gasteiger partial charge in [0.25, 0.3) is 5.91 Å². The van der Waals surface area contributed by atoms with Crippen molar-refractivity contribution in [2.24, 2.45) is 0 Å². The van der Waals surface area contributed by atoms with Crippen LogP contribution in [0, 0.1) is 0 Å². The number of hydrogen-bond acceptors (Lipinski definition) is 1. The molecule has 0 aliphatic carbocycles. The smallest absolute Gasteiger partial charge is 0.286 e. The number of carbonyl (C=O) groups is 1. The van der Waals surface area contributed by atoms with Gasteiger partial charge in [0.2, 0.25) is 0 Å². The lowest BCUT2D eigenvalue weighted by Gasteiger charge is -2.26. The third kappa shape index (κ3) is 3.84. The molecule has 0 atom stereocenters. The molecule has 0 spiro atoms. The lowest BCUT2D eigenvalue weighted by molar-refractivity contribution is -0.891. The predicted molar refractivity (Wildman–Crippen MR) is 103 cm³/mol. The van der Waals surface area contributed by atoms with Crippen LogP contribution in [-0.2, 0) is 4.79 Å². The van der Waals surface area contributed by atoms with Gasteiger partial charge in [-0.1, -0.05) is 48.6 Å². The summed E-state index contributed by atoms with van der Waals surface area (Å²) in [5.74, 6) is 0.195. The highest BCUT2D eigenvalue weighted by Crippen LogP contribution is 2.35. The molecule has 0 saturated carbocycles. The lowest BCUT2D eigenvalue weighted by atomic mass is 10.1. The first-order chi connectivity index (χ1) is 12.3. The van der Waals surface area contributed by atoms with Crippen LogP contribution < -0.4 is 22.2 Å². The third-order valence-electron chi connectivity index (χ3n) is 5.26. The SMILES string of the molecule is O=C(C[NH+]1CCCCCC1)N1c2ccccc2C=Cc2ccccc21.[Cl-]. The molecule has 136 valence electrons. The van der Waals surface area contributed by atoms with Crippen LogP contribution in [0.1, 0.15) is 36.8 Å². The van der Waals surface area contributed by atoms with Crippen LogP contribution in [0.4, 0.5) is 11.4 Å². The molecule has 4 heteroatoms. The summed E-state index contributed by atoms with van der Waals surface area (Å²) in [4.78, 5) is 16.7. The van der Waals surface area contributed by atoms with Gasteiger partial charge in [-0.05, 0) is 48.9 Å². The Kier molecular flexibility index (Phi) is 6.12. The van der Waals surface area contributed by atoms with Gasteiger partial charge in [-0.15, -0.1) is 0 Å². The molecule has 2 aromatic rings. The Bertz CT molecular complexity index is 745. The second-order valence-corrected chi connectivity index (χ2v) is 7.02. The van der Waals surface area contributed by atoms with Crippen molar-refractivity contribution in [3.8, 4) is 0 Å². The molecule has 1 N–H and O–H groups in total. The maximum absolute atomic E-state index is 13.3. The summed E-state index contributed by atoms with van der Waals surface area (Å²) in [5.41, 5.74) is 4.17. The van der Waals surface area contributed by atoms with E-state index in [0.29, 0.717) is 6.54 Å². The number of rotatable bonds is 2. The number of likely N-dealkylation sites (tertiary alicyclic amines) is 1. The summed E-state index contributed by atoms with van der Waals surface area (Å²) in [6.07, 6.45) is 9.29. The molecule has 1 amide bonds. The van der Waals surface area contributed by atoms with Crippen molar-refractivity contribution in [2.45, 2.75) is 25.7 Å². The van der Waals surface area contributed by atoms with E-state index in [4.69, 9.17) is 0 Å². The number of anilines is 2. The highest BCUT2D eigenvalue weighted by atomic mass is 35.5. The Morgan fingerprint density at radius 1 is 0.808 bits per heavy atom. The second-order valence-electron chi connectivity index (χ2n) is 7.02. The molecule has 1 fully saturated rings. The molecule has 2 heterocycles. The molecule has 2 aromatic carbocycles. The predicted octanol–water partition coefficient (Wildman–Crippen LogP) is 0.298. The fraction of sp³-hybridized carbons (Fsp3) is 0.318. The minimum absolute atomic E-state index is 0. The van der Waals surface area contributed by atoms with Crippen molar-refractivity contribution in [3.05, 3.63) is 59.7 Å². The maximum Gasteiger partial charge on any atom is 0.286 e. The van der Waals surface area contributed by atoms with E-state index >= 15 is 0 Å². The summed E-state index contributed by atoms with van der Waals surface area (Å²) in [6, 6.07) is 16.4. The van der Waals surface area contributed by atoms with Crippen molar-refractivity contribution >= 4 is 29.4 Å². The van der Waals surface area contributed by atoms with Crippen LogP contribution in [0.25, 0.3) is 12.2 Å². The summed E-state index contributed by atoms with van der Waals surface area (Å²) < 4.78 is 0. The van der Waals surface area contributed by atoms with Gasteiger partial charge in [0, 0.05) is 0 Å². The number of nitrogens with one attached hydrogen (secondary N) is 1. The molecular formula is C22H25ClN2O. The fourth-order valence-corrected chi connectivity index (χ4v) is 3.94. The molecule has 0 unspecified atom stereocenters. The zero-order valence-corrected chi connectivity index (χ0v) is 15.7. The van der Waals surface area contributed by atoms with Crippen LogP contribution in [0.2, 0.25) is 0 Å². The van der Waals surface area contributed by atoms with E-state index in [9.17, 15) is 4.79 Å². The molecule has 0 aromatic heterocycles. The van der Waals surface area contributed by atoms with Crippen molar-refractivity contribution in [1.29, 1.82) is 0 Å². The fourth-order valence-electron chi connectivity index (χ4n) is 3.94.